The van der Waals surface area contributed by atoms with Crippen molar-refractivity contribution in [3.63, 3.8) is 0 Å². The summed E-state index contributed by atoms with van der Waals surface area (Å²) in [6, 6.07) is 13.7. The number of alkyl carbamates (subject to hydrolysis) is 1. The van der Waals surface area contributed by atoms with Crippen LogP contribution in [0.3, 0.4) is 0 Å². The predicted molar refractivity (Wildman–Crippen MR) is 166 cm³/mol. The predicted octanol–water partition coefficient (Wildman–Crippen LogP) is 6.80. The zero-order chi connectivity index (χ0) is 30.8. The summed E-state index contributed by atoms with van der Waals surface area (Å²) in [6.45, 7) is 17.6. The van der Waals surface area contributed by atoms with Gasteiger partial charge in [-0.2, -0.15) is 0 Å². The van der Waals surface area contributed by atoms with Crippen molar-refractivity contribution in [1.29, 1.82) is 0 Å². The molecule has 0 saturated carbocycles. The van der Waals surface area contributed by atoms with E-state index in [4.69, 9.17) is 4.74 Å². The number of aryl methyl sites for hydroxylation is 2. The number of hydrogen-bond acceptors (Lipinski definition) is 4. The van der Waals surface area contributed by atoms with Crippen molar-refractivity contribution in [1.82, 2.24) is 15.5 Å². The average molecular weight is 566 g/mol. The van der Waals surface area contributed by atoms with E-state index >= 15 is 0 Å². The minimum atomic E-state index is -0.923. The molecule has 0 aliphatic carbocycles. The van der Waals surface area contributed by atoms with Crippen LogP contribution in [0.15, 0.2) is 48.5 Å². The maximum Gasteiger partial charge on any atom is 0.408 e. The minimum Gasteiger partial charge on any atom is -0.444 e. The van der Waals surface area contributed by atoms with Crippen LogP contribution in [-0.4, -0.2) is 46.5 Å². The van der Waals surface area contributed by atoms with Crippen LogP contribution >= 0.6 is 0 Å². The maximum absolute atomic E-state index is 14.6. The van der Waals surface area contributed by atoms with E-state index < -0.39 is 29.3 Å². The van der Waals surface area contributed by atoms with Gasteiger partial charge < -0.3 is 20.3 Å². The molecule has 0 radical (unpaired) electrons. The Morgan fingerprint density at radius 3 is 2.00 bits per heavy atom. The lowest BCUT2D eigenvalue weighted by Gasteiger charge is -2.37. The molecule has 226 valence electrons. The highest BCUT2D eigenvalue weighted by Gasteiger charge is 2.38. The standard InChI is InChI=1S/C34H51N3O4/c1-10-11-12-16-22-37(29(30(38)36-33(4,5)6)28-24(2)18-17-19-25(28)3)31(39)27(23-26-20-14-13-15-21-26)35-32(40)41-34(7,8)9/h13-15,17-21,27,29H,10-12,16,22-23H2,1-9H3,(H,35,40)(H,36,38). The number of carbonyl (C=O) groups is 3. The van der Waals surface area contributed by atoms with Gasteiger partial charge in [0.2, 0.25) is 11.8 Å². The molecule has 2 N–H and O–H groups in total. The molecule has 0 spiro atoms. The summed E-state index contributed by atoms with van der Waals surface area (Å²) in [5.74, 6) is -0.553. The zero-order valence-corrected chi connectivity index (χ0v) is 26.6. The third-order valence-corrected chi connectivity index (χ3v) is 6.68. The second-order valence-electron chi connectivity index (χ2n) is 12.9. The van der Waals surface area contributed by atoms with Gasteiger partial charge in [-0.25, -0.2) is 4.79 Å². The number of benzene rings is 2. The Hall–Kier alpha value is -3.35. The van der Waals surface area contributed by atoms with E-state index in [1.807, 2.05) is 83.1 Å². The molecule has 2 aromatic carbocycles. The van der Waals surface area contributed by atoms with Crippen LogP contribution in [0.4, 0.5) is 4.79 Å². The summed E-state index contributed by atoms with van der Waals surface area (Å²) >= 11 is 0. The van der Waals surface area contributed by atoms with E-state index in [0.29, 0.717) is 6.54 Å². The maximum atomic E-state index is 14.6. The van der Waals surface area contributed by atoms with Gasteiger partial charge in [-0.05, 0) is 84.1 Å². The van der Waals surface area contributed by atoms with Gasteiger partial charge >= 0.3 is 6.09 Å². The lowest BCUT2D eigenvalue weighted by molar-refractivity contribution is -0.143. The highest BCUT2D eigenvalue weighted by Crippen LogP contribution is 2.30. The van der Waals surface area contributed by atoms with Gasteiger partial charge in [-0.15, -0.1) is 0 Å². The van der Waals surface area contributed by atoms with E-state index in [1.54, 1.807) is 25.7 Å². The summed E-state index contributed by atoms with van der Waals surface area (Å²) in [5.41, 5.74) is 2.36. The highest BCUT2D eigenvalue weighted by molar-refractivity contribution is 5.93. The van der Waals surface area contributed by atoms with Crippen molar-refractivity contribution >= 4 is 17.9 Å². The van der Waals surface area contributed by atoms with Crippen LogP contribution in [0.5, 0.6) is 0 Å². The quantitative estimate of drug-likeness (QED) is 0.277. The molecule has 3 amide bonds. The molecule has 0 aliphatic rings. The molecule has 0 fully saturated rings. The summed E-state index contributed by atoms with van der Waals surface area (Å²) in [7, 11) is 0. The molecule has 7 nitrogen and oxygen atoms in total. The number of unbranched alkanes of at least 4 members (excludes halogenated alkanes) is 3. The van der Waals surface area contributed by atoms with E-state index in [0.717, 1.165) is 47.9 Å². The largest absolute Gasteiger partial charge is 0.444 e. The number of carbonyl (C=O) groups excluding carboxylic acids is 3. The molecule has 7 heteroatoms. The molecular weight excluding hydrogens is 514 g/mol. The zero-order valence-electron chi connectivity index (χ0n) is 26.6. The lowest BCUT2D eigenvalue weighted by Crippen LogP contribution is -2.55. The van der Waals surface area contributed by atoms with Gasteiger partial charge in [-0.3, -0.25) is 9.59 Å². The van der Waals surface area contributed by atoms with Crippen molar-refractivity contribution in [2.24, 2.45) is 0 Å². The van der Waals surface area contributed by atoms with Gasteiger partial charge in [0.1, 0.15) is 17.7 Å². The molecule has 2 unspecified atom stereocenters. The topological polar surface area (TPSA) is 87.7 Å². The van der Waals surface area contributed by atoms with Gasteiger partial charge in [0.15, 0.2) is 0 Å². The van der Waals surface area contributed by atoms with Gasteiger partial charge in [-0.1, -0.05) is 74.7 Å². The normalized spacial score (nSPS) is 13.2. The second kappa shape index (κ2) is 15.0. The van der Waals surface area contributed by atoms with Crippen molar-refractivity contribution in [2.75, 3.05) is 6.54 Å². The molecule has 2 atom stereocenters. The first kappa shape index (κ1) is 33.9. The van der Waals surface area contributed by atoms with Crippen LogP contribution in [-0.2, 0) is 20.7 Å². The molecule has 0 aromatic heterocycles. The summed E-state index contributed by atoms with van der Waals surface area (Å²) < 4.78 is 5.55. The highest BCUT2D eigenvalue weighted by atomic mass is 16.6. The second-order valence-corrected chi connectivity index (χ2v) is 12.9. The Balaban J connectivity index is 2.64. The number of rotatable bonds is 12. The van der Waals surface area contributed by atoms with Crippen molar-refractivity contribution < 1.29 is 19.1 Å². The Bertz CT molecular complexity index is 1130. The molecule has 0 saturated heterocycles. The number of ether oxygens (including phenoxy) is 1. The minimum absolute atomic E-state index is 0.241. The van der Waals surface area contributed by atoms with Crippen molar-refractivity contribution in [3.8, 4) is 0 Å². The molecule has 2 rings (SSSR count). The van der Waals surface area contributed by atoms with Gasteiger partial charge in [0, 0.05) is 18.5 Å². The van der Waals surface area contributed by atoms with Crippen LogP contribution < -0.4 is 10.6 Å². The number of nitrogens with zero attached hydrogens (tertiary/aromatic N) is 1. The first-order valence-corrected chi connectivity index (χ1v) is 14.8. The molecule has 0 aliphatic heterocycles. The smallest absolute Gasteiger partial charge is 0.408 e. The molecule has 0 heterocycles. The molecule has 41 heavy (non-hydrogen) atoms. The first-order valence-electron chi connectivity index (χ1n) is 14.8. The number of amides is 3. The Labute approximate surface area is 247 Å². The number of hydrogen-bond donors (Lipinski definition) is 2. The summed E-state index contributed by atoms with van der Waals surface area (Å²) in [4.78, 5) is 43.3. The molecule has 2 aromatic rings. The Kier molecular flexibility index (Phi) is 12.4. The Morgan fingerprint density at radius 2 is 1.46 bits per heavy atom. The fourth-order valence-electron chi connectivity index (χ4n) is 4.90. The van der Waals surface area contributed by atoms with Gasteiger partial charge in [0.05, 0.1) is 0 Å². The van der Waals surface area contributed by atoms with Crippen molar-refractivity contribution in [2.45, 2.75) is 118 Å². The Morgan fingerprint density at radius 1 is 0.854 bits per heavy atom. The summed E-state index contributed by atoms with van der Waals surface area (Å²) in [6.07, 6.45) is 3.37. The monoisotopic (exact) mass is 565 g/mol. The van der Waals surface area contributed by atoms with Crippen molar-refractivity contribution in [3.05, 3.63) is 70.8 Å². The SMILES string of the molecule is CCCCCCN(C(=O)C(Cc1ccccc1)NC(=O)OC(C)(C)C)C(C(=O)NC(C)(C)C)c1c(C)cccc1C. The average Bonchev–Trinajstić information content (AvgIpc) is 2.85. The lowest BCUT2D eigenvalue weighted by atomic mass is 9.92. The van der Waals surface area contributed by atoms with Gasteiger partial charge in [0.25, 0.3) is 0 Å². The van der Waals surface area contributed by atoms with E-state index in [9.17, 15) is 14.4 Å². The fourth-order valence-corrected chi connectivity index (χ4v) is 4.90. The molecular formula is C34H51N3O4. The summed E-state index contributed by atoms with van der Waals surface area (Å²) in [5, 5.41) is 5.97. The first-order chi connectivity index (χ1) is 19.1. The van der Waals surface area contributed by atoms with Crippen LogP contribution in [0.25, 0.3) is 0 Å². The van der Waals surface area contributed by atoms with Crippen LogP contribution in [0.2, 0.25) is 0 Å². The molecule has 0 bridgehead atoms. The van der Waals surface area contributed by atoms with E-state index in [-0.39, 0.29) is 18.2 Å². The van der Waals surface area contributed by atoms with E-state index in [1.165, 1.54) is 0 Å². The van der Waals surface area contributed by atoms with Crippen LogP contribution in [0.1, 0.15) is 102 Å². The van der Waals surface area contributed by atoms with Crippen LogP contribution in [0, 0.1) is 13.8 Å². The number of nitrogens with one attached hydrogen (secondary N) is 2. The fraction of sp³-hybridized carbons (Fsp3) is 0.559. The third-order valence-electron chi connectivity index (χ3n) is 6.68. The third kappa shape index (κ3) is 11.2. The van der Waals surface area contributed by atoms with E-state index in [2.05, 4.69) is 17.6 Å².